The molecule has 1 rings (SSSR count). The first-order valence-electron chi connectivity index (χ1n) is 4.12. The van der Waals surface area contributed by atoms with Crippen LogP contribution in [-0.2, 0) is 0 Å². The zero-order chi connectivity index (χ0) is 12.3. The quantitative estimate of drug-likeness (QED) is 0.256. The number of Topliss-reactive ketones (excluding diaryl/α,β-unsaturated/α-hetero) is 1. The molecule has 0 aliphatic rings. The standard InChI is InChI=1S/C9H7BrINO4/c1-16-5-2-6(8(13)4-10)9(12(14)15)7(11)3-5/h2-3H,4H2,1H3. The third-order valence-electron chi connectivity index (χ3n) is 1.88. The number of rotatable bonds is 4. The van der Waals surface area contributed by atoms with E-state index >= 15 is 0 Å². The van der Waals surface area contributed by atoms with Gasteiger partial charge in [0.1, 0.15) is 11.3 Å². The second kappa shape index (κ2) is 5.58. The van der Waals surface area contributed by atoms with E-state index in [4.69, 9.17) is 4.74 Å². The molecule has 0 bridgehead atoms. The Morgan fingerprint density at radius 3 is 2.69 bits per heavy atom. The van der Waals surface area contributed by atoms with Gasteiger partial charge in [0, 0.05) is 6.07 Å². The maximum absolute atomic E-state index is 11.5. The zero-order valence-electron chi connectivity index (χ0n) is 8.20. The molecule has 0 aromatic heterocycles. The van der Waals surface area contributed by atoms with Crippen molar-refractivity contribution in [3.8, 4) is 5.75 Å². The van der Waals surface area contributed by atoms with Crippen LogP contribution in [0.25, 0.3) is 0 Å². The first kappa shape index (κ1) is 13.4. The van der Waals surface area contributed by atoms with Crippen molar-refractivity contribution in [3.63, 3.8) is 0 Å². The van der Waals surface area contributed by atoms with E-state index < -0.39 is 4.92 Å². The molecule has 0 atom stereocenters. The molecule has 7 heteroatoms. The minimum atomic E-state index is -0.558. The number of ether oxygens (including phenoxy) is 1. The lowest BCUT2D eigenvalue weighted by molar-refractivity contribution is -0.386. The van der Waals surface area contributed by atoms with E-state index in [-0.39, 0.29) is 22.4 Å². The van der Waals surface area contributed by atoms with E-state index in [1.54, 1.807) is 0 Å². The lowest BCUT2D eigenvalue weighted by Crippen LogP contribution is -2.07. The van der Waals surface area contributed by atoms with E-state index in [0.717, 1.165) is 0 Å². The first-order valence-corrected chi connectivity index (χ1v) is 6.32. The third-order valence-corrected chi connectivity index (χ3v) is 3.21. The van der Waals surface area contributed by atoms with E-state index in [2.05, 4.69) is 15.9 Å². The van der Waals surface area contributed by atoms with E-state index in [1.807, 2.05) is 22.6 Å². The van der Waals surface area contributed by atoms with Crippen LogP contribution >= 0.6 is 38.5 Å². The van der Waals surface area contributed by atoms with Gasteiger partial charge in [0.05, 0.1) is 20.9 Å². The molecule has 0 saturated carbocycles. The molecular weight excluding hydrogens is 393 g/mol. The van der Waals surface area contributed by atoms with Crippen LogP contribution in [0.2, 0.25) is 0 Å². The maximum atomic E-state index is 11.5. The number of halogens is 2. The number of hydrogen-bond acceptors (Lipinski definition) is 4. The Morgan fingerprint density at radius 2 is 2.25 bits per heavy atom. The predicted octanol–water partition coefficient (Wildman–Crippen LogP) is 2.79. The smallest absolute Gasteiger partial charge is 0.293 e. The third kappa shape index (κ3) is 2.70. The molecule has 0 aliphatic carbocycles. The summed E-state index contributed by atoms with van der Waals surface area (Å²) in [5.74, 6) is 0.0859. The van der Waals surface area contributed by atoms with Crippen molar-refractivity contribution >= 4 is 50.0 Å². The summed E-state index contributed by atoms with van der Waals surface area (Å²) in [6, 6.07) is 2.90. The van der Waals surface area contributed by atoms with Gasteiger partial charge < -0.3 is 4.74 Å². The van der Waals surface area contributed by atoms with Crippen molar-refractivity contribution in [1.29, 1.82) is 0 Å². The van der Waals surface area contributed by atoms with Gasteiger partial charge in [-0.1, -0.05) is 15.9 Å². The van der Waals surface area contributed by atoms with Crippen LogP contribution in [0.1, 0.15) is 10.4 Å². The summed E-state index contributed by atoms with van der Waals surface area (Å²) in [5, 5.41) is 10.9. The van der Waals surface area contributed by atoms with Gasteiger partial charge in [0.2, 0.25) is 0 Å². The van der Waals surface area contributed by atoms with Gasteiger partial charge in [-0.3, -0.25) is 14.9 Å². The average Bonchev–Trinajstić information content (AvgIpc) is 2.26. The highest BCUT2D eigenvalue weighted by atomic mass is 127. The van der Waals surface area contributed by atoms with Crippen LogP contribution in [0.15, 0.2) is 12.1 Å². The summed E-state index contributed by atoms with van der Waals surface area (Å²) in [4.78, 5) is 21.8. The fourth-order valence-corrected chi connectivity index (χ4v) is 2.26. The van der Waals surface area contributed by atoms with Crippen molar-refractivity contribution in [1.82, 2.24) is 0 Å². The van der Waals surface area contributed by atoms with Gasteiger partial charge in [0.15, 0.2) is 5.78 Å². The number of carbonyl (C=O) groups excluding carboxylic acids is 1. The SMILES string of the molecule is COc1cc(I)c([N+](=O)[O-])c(C(=O)CBr)c1. The molecule has 1 aromatic rings. The molecule has 0 radical (unpaired) electrons. The van der Waals surface area contributed by atoms with E-state index in [1.165, 1.54) is 19.2 Å². The Balaban J connectivity index is 3.46. The van der Waals surface area contributed by atoms with E-state index in [0.29, 0.717) is 9.32 Å². The fraction of sp³-hybridized carbons (Fsp3) is 0.222. The Morgan fingerprint density at radius 1 is 1.62 bits per heavy atom. The van der Waals surface area contributed by atoms with Gasteiger partial charge in [0.25, 0.3) is 5.69 Å². The van der Waals surface area contributed by atoms with Crippen LogP contribution in [0.3, 0.4) is 0 Å². The molecule has 0 amide bonds. The van der Waals surface area contributed by atoms with Crippen molar-refractivity contribution in [3.05, 3.63) is 31.4 Å². The van der Waals surface area contributed by atoms with Crippen LogP contribution in [-0.4, -0.2) is 23.1 Å². The number of benzene rings is 1. The summed E-state index contributed by atoms with van der Waals surface area (Å²) in [7, 11) is 1.44. The van der Waals surface area contributed by atoms with Crippen molar-refractivity contribution in [2.45, 2.75) is 0 Å². The normalized spacial score (nSPS) is 9.94. The lowest BCUT2D eigenvalue weighted by atomic mass is 10.1. The summed E-state index contributed by atoms with van der Waals surface area (Å²) < 4.78 is 5.35. The largest absolute Gasteiger partial charge is 0.497 e. The van der Waals surface area contributed by atoms with Gasteiger partial charge >= 0.3 is 0 Å². The zero-order valence-corrected chi connectivity index (χ0v) is 11.9. The topological polar surface area (TPSA) is 69.4 Å². The van der Waals surface area contributed by atoms with Gasteiger partial charge in [-0.15, -0.1) is 0 Å². The Labute approximate surface area is 114 Å². The summed E-state index contributed by atoms with van der Waals surface area (Å²) in [6.45, 7) is 0. The molecule has 0 aliphatic heterocycles. The Kier molecular flexibility index (Phi) is 4.66. The number of nitrogens with zero attached hydrogens (tertiary/aromatic N) is 1. The Hall–Kier alpha value is -0.700. The molecule has 0 saturated heterocycles. The summed E-state index contributed by atoms with van der Waals surface area (Å²) in [6.07, 6.45) is 0. The molecular formula is C9H7BrINO4. The molecule has 0 fully saturated rings. The first-order chi connectivity index (χ1) is 7.51. The number of carbonyl (C=O) groups is 1. The minimum absolute atomic E-state index is 0.0388. The second-order valence-electron chi connectivity index (χ2n) is 2.82. The molecule has 16 heavy (non-hydrogen) atoms. The number of nitro groups is 1. The molecule has 86 valence electrons. The Bertz CT molecular complexity index is 449. The molecule has 0 spiro atoms. The van der Waals surface area contributed by atoms with Gasteiger partial charge in [-0.05, 0) is 28.7 Å². The fourth-order valence-electron chi connectivity index (χ4n) is 1.16. The molecule has 5 nitrogen and oxygen atoms in total. The molecule has 0 heterocycles. The highest BCUT2D eigenvalue weighted by Crippen LogP contribution is 2.30. The number of ketones is 1. The van der Waals surface area contributed by atoms with Crippen LogP contribution in [0, 0.1) is 13.7 Å². The number of methoxy groups -OCH3 is 1. The van der Waals surface area contributed by atoms with E-state index in [9.17, 15) is 14.9 Å². The number of nitro benzene ring substituents is 1. The molecule has 1 aromatic carbocycles. The average molecular weight is 400 g/mol. The summed E-state index contributed by atoms with van der Waals surface area (Å²) in [5.41, 5.74) is -0.114. The van der Waals surface area contributed by atoms with Crippen LogP contribution in [0.4, 0.5) is 5.69 Å². The summed E-state index contributed by atoms with van der Waals surface area (Å²) >= 11 is 4.80. The van der Waals surface area contributed by atoms with Gasteiger partial charge in [-0.2, -0.15) is 0 Å². The minimum Gasteiger partial charge on any atom is -0.497 e. The highest BCUT2D eigenvalue weighted by Gasteiger charge is 2.24. The lowest BCUT2D eigenvalue weighted by Gasteiger charge is -2.05. The molecule has 0 N–H and O–H groups in total. The van der Waals surface area contributed by atoms with Crippen LogP contribution < -0.4 is 4.74 Å². The predicted molar refractivity (Wildman–Crippen MR) is 70.5 cm³/mol. The van der Waals surface area contributed by atoms with Crippen molar-refractivity contribution in [2.24, 2.45) is 0 Å². The van der Waals surface area contributed by atoms with Crippen molar-refractivity contribution in [2.75, 3.05) is 12.4 Å². The second-order valence-corrected chi connectivity index (χ2v) is 4.54. The molecule has 0 unspecified atom stereocenters. The maximum Gasteiger partial charge on any atom is 0.293 e. The van der Waals surface area contributed by atoms with Crippen molar-refractivity contribution < 1.29 is 14.5 Å². The van der Waals surface area contributed by atoms with Gasteiger partial charge in [-0.25, -0.2) is 0 Å². The van der Waals surface area contributed by atoms with Crippen LogP contribution in [0.5, 0.6) is 5.75 Å². The number of hydrogen-bond donors (Lipinski definition) is 0. The monoisotopic (exact) mass is 399 g/mol. The number of alkyl halides is 1. The highest BCUT2D eigenvalue weighted by molar-refractivity contribution is 14.1.